The van der Waals surface area contributed by atoms with Gasteiger partial charge in [0.2, 0.25) is 0 Å². The summed E-state index contributed by atoms with van der Waals surface area (Å²) in [6.45, 7) is 9.42. The zero-order valence-corrected chi connectivity index (χ0v) is 22.9. The van der Waals surface area contributed by atoms with Crippen molar-refractivity contribution in [3.8, 4) is 0 Å². The minimum Gasteiger partial charge on any atom is -0.478 e. The maximum atomic E-state index is 12.9. The van der Waals surface area contributed by atoms with E-state index in [0.717, 1.165) is 56.9 Å². The molecule has 1 aliphatic carbocycles. The molecular weight excluding hydrogens is 494 g/mol. The summed E-state index contributed by atoms with van der Waals surface area (Å²) >= 11 is 1.68. The number of carboxylic acids is 1. The van der Waals surface area contributed by atoms with Crippen molar-refractivity contribution < 1.29 is 14.7 Å². The van der Waals surface area contributed by atoms with E-state index in [-0.39, 0.29) is 11.3 Å². The van der Waals surface area contributed by atoms with Crippen molar-refractivity contribution >= 4 is 40.2 Å². The van der Waals surface area contributed by atoms with Gasteiger partial charge in [-0.05, 0) is 72.7 Å². The fraction of sp³-hybridized carbons (Fsp3) is 0.355. The fourth-order valence-corrected chi connectivity index (χ4v) is 6.34. The summed E-state index contributed by atoms with van der Waals surface area (Å²) in [5.74, 6) is -0.959. The van der Waals surface area contributed by atoms with Gasteiger partial charge in [-0.1, -0.05) is 37.6 Å². The summed E-state index contributed by atoms with van der Waals surface area (Å²) in [5, 5.41) is 14.1. The zero-order chi connectivity index (χ0) is 26.7. The van der Waals surface area contributed by atoms with Crippen LogP contribution < -0.4 is 10.2 Å². The van der Waals surface area contributed by atoms with Crippen molar-refractivity contribution in [1.82, 2.24) is 4.90 Å². The number of hydrogen-bond acceptors (Lipinski definition) is 5. The molecule has 0 atom stereocenters. The van der Waals surface area contributed by atoms with E-state index < -0.39 is 5.97 Å². The lowest BCUT2D eigenvalue weighted by Gasteiger charge is -2.39. The largest absolute Gasteiger partial charge is 0.478 e. The van der Waals surface area contributed by atoms with Crippen LogP contribution in [0.5, 0.6) is 0 Å². The average Bonchev–Trinajstić information content (AvgIpc) is 3.41. The van der Waals surface area contributed by atoms with E-state index in [1.54, 1.807) is 23.5 Å². The van der Waals surface area contributed by atoms with E-state index in [9.17, 15) is 9.59 Å². The predicted octanol–water partition coefficient (Wildman–Crippen LogP) is 6.48. The molecule has 1 amide bonds. The molecule has 1 fully saturated rings. The molecule has 0 saturated carbocycles. The van der Waals surface area contributed by atoms with Gasteiger partial charge in [0.05, 0.1) is 11.1 Å². The molecule has 2 aromatic carbocycles. The lowest BCUT2D eigenvalue weighted by molar-refractivity contribution is 0.0696. The second-order valence-corrected chi connectivity index (χ2v) is 12.0. The van der Waals surface area contributed by atoms with Crippen LogP contribution in [0.25, 0.3) is 5.57 Å². The third-order valence-corrected chi connectivity index (χ3v) is 8.63. The molecule has 1 aromatic heterocycles. The molecule has 3 aromatic rings. The Labute approximate surface area is 228 Å². The fourth-order valence-electron chi connectivity index (χ4n) is 5.36. The third kappa shape index (κ3) is 6.17. The maximum absolute atomic E-state index is 12.9. The predicted molar refractivity (Wildman–Crippen MR) is 155 cm³/mol. The Bertz CT molecular complexity index is 1320. The van der Waals surface area contributed by atoms with Crippen LogP contribution in [0.2, 0.25) is 0 Å². The molecule has 1 saturated heterocycles. The molecule has 38 heavy (non-hydrogen) atoms. The van der Waals surface area contributed by atoms with E-state index >= 15 is 0 Å². The summed E-state index contributed by atoms with van der Waals surface area (Å²) in [4.78, 5) is 30.1. The number of aromatic carboxylic acids is 1. The van der Waals surface area contributed by atoms with E-state index in [1.165, 1.54) is 22.4 Å². The number of piperazine rings is 1. The van der Waals surface area contributed by atoms with Gasteiger partial charge < -0.3 is 15.3 Å². The number of nitrogens with one attached hydrogen (secondary N) is 1. The molecule has 0 bridgehead atoms. The van der Waals surface area contributed by atoms with E-state index in [1.807, 2.05) is 47.8 Å². The molecule has 7 heteroatoms. The molecule has 1 aliphatic heterocycles. The molecule has 2 heterocycles. The highest BCUT2D eigenvalue weighted by Gasteiger charge is 2.30. The number of amides is 1. The third-order valence-electron chi connectivity index (χ3n) is 7.64. The number of carbonyl (C=O) groups is 2. The van der Waals surface area contributed by atoms with Gasteiger partial charge in [0.15, 0.2) is 0 Å². The van der Waals surface area contributed by atoms with Crippen LogP contribution in [0.3, 0.4) is 0 Å². The second kappa shape index (κ2) is 11.1. The molecule has 0 unspecified atom stereocenters. The number of benzene rings is 2. The number of hydrogen-bond donors (Lipinski definition) is 2. The maximum Gasteiger partial charge on any atom is 0.335 e. The van der Waals surface area contributed by atoms with Gasteiger partial charge in [-0.15, -0.1) is 11.3 Å². The minimum atomic E-state index is -0.893. The van der Waals surface area contributed by atoms with Crippen molar-refractivity contribution in [2.75, 3.05) is 42.9 Å². The Morgan fingerprint density at radius 2 is 1.68 bits per heavy atom. The Hall–Kier alpha value is -3.42. The molecule has 0 spiro atoms. The summed E-state index contributed by atoms with van der Waals surface area (Å²) in [7, 11) is 0. The zero-order valence-electron chi connectivity index (χ0n) is 22.1. The van der Waals surface area contributed by atoms with E-state index in [2.05, 4.69) is 35.0 Å². The summed E-state index contributed by atoms with van der Waals surface area (Å²) in [5.41, 5.74) is 6.08. The number of carboxylic acid groups (broad SMARTS) is 1. The van der Waals surface area contributed by atoms with Crippen molar-refractivity contribution in [2.24, 2.45) is 5.41 Å². The monoisotopic (exact) mass is 529 g/mol. The first-order chi connectivity index (χ1) is 18.3. The summed E-state index contributed by atoms with van der Waals surface area (Å²) in [6.07, 6.45) is 3.29. The topological polar surface area (TPSA) is 72.9 Å². The molecule has 6 nitrogen and oxygen atoms in total. The normalized spacial score (nSPS) is 17.9. The Kier molecular flexibility index (Phi) is 7.68. The van der Waals surface area contributed by atoms with Gasteiger partial charge in [-0.2, -0.15) is 0 Å². The highest BCUT2D eigenvalue weighted by atomic mass is 32.1. The van der Waals surface area contributed by atoms with Gasteiger partial charge in [0.25, 0.3) is 5.91 Å². The van der Waals surface area contributed by atoms with Gasteiger partial charge >= 0.3 is 5.97 Å². The molecule has 2 aliphatic rings. The van der Waals surface area contributed by atoms with Gasteiger partial charge in [-0.25, -0.2) is 4.79 Å². The second-order valence-electron chi connectivity index (χ2n) is 11.1. The van der Waals surface area contributed by atoms with Crippen molar-refractivity contribution in [2.45, 2.75) is 33.1 Å². The minimum absolute atomic E-state index is 0.0663. The lowest BCUT2D eigenvalue weighted by atomic mass is 9.73. The van der Waals surface area contributed by atoms with Crippen LogP contribution in [0.1, 0.15) is 58.7 Å². The number of rotatable bonds is 7. The van der Waals surface area contributed by atoms with E-state index in [4.69, 9.17) is 5.11 Å². The quantitative estimate of drug-likeness (QED) is 0.366. The summed E-state index contributed by atoms with van der Waals surface area (Å²) < 4.78 is 0. The number of anilines is 2. The van der Waals surface area contributed by atoms with Gasteiger partial charge in [-0.3, -0.25) is 9.69 Å². The lowest BCUT2D eigenvalue weighted by Crippen LogP contribution is -2.47. The highest BCUT2D eigenvalue weighted by molar-refractivity contribution is 7.11. The van der Waals surface area contributed by atoms with Crippen LogP contribution in [-0.2, 0) is 0 Å². The number of nitrogens with zero attached hydrogens (tertiary/aromatic N) is 2. The van der Waals surface area contributed by atoms with Crippen LogP contribution in [0, 0.1) is 5.41 Å². The molecule has 5 rings (SSSR count). The van der Waals surface area contributed by atoms with E-state index in [0.29, 0.717) is 11.1 Å². The van der Waals surface area contributed by atoms with Gasteiger partial charge in [0, 0.05) is 54.4 Å². The van der Waals surface area contributed by atoms with Crippen molar-refractivity contribution in [1.29, 1.82) is 0 Å². The number of thiophene rings is 1. The standard InChI is InChI=1S/C31H35N3O3S/c1-31(2)13-12-23(20-33-14-16-34(17-15-33)26-10-8-22(9-11-26)30(36)37)27(19-31)28-18-24(21-38-28)29(35)32-25-6-4-3-5-7-25/h3-11,18,21H,12-17,19-20H2,1-2H3,(H,32,35)(H,36,37). The highest BCUT2D eigenvalue weighted by Crippen LogP contribution is 2.44. The first kappa shape index (κ1) is 26.2. The Morgan fingerprint density at radius 3 is 2.37 bits per heavy atom. The summed E-state index contributed by atoms with van der Waals surface area (Å²) in [6, 6.07) is 18.8. The van der Waals surface area contributed by atoms with Crippen molar-refractivity contribution in [3.63, 3.8) is 0 Å². The first-order valence-corrected chi connectivity index (χ1v) is 14.1. The van der Waals surface area contributed by atoms with Crippen LogP contribution in [-0.4, -0.2) is 54.6 Å². The van der Waals surface area contributed by atoms with Crippen LogP contribution in [0.15, 0.2) is 71.6 Å². The van der Waals surface area contributed by atoms with Crippen LogP contribution >= 0.6 is 11.3 Å². The average molecular weight is 530 g/mol. The smallest absolute Gasteiger partial charge is 0.335 e. The first-order valence-electron chi connectivity index (χ1n) is 13.2. The number of para-hydroxylation sites is 1. The van der Waals surface area contributed by atoms with Crippen LogP contribution in [0.4, 0.5) is 11.4 Å². The van der Waals surface area contributed by atoms with Crippen molar-refractivity contribution in [3.05, 3.63) is 87.6 Å². The Morgan fingerprint density at radius 1 is 0.974 bits per heavy atom. The molecule has 198 valence electrons. The molecule has 2 N–H and O–H groups in total. The SMILES string of the molecule is CC1(C)CCC(CN2CCN(c3ccc(C(=O)O)cc3)CC2)=C(c2cc(C(=O)Nc3ccccc3)cs2)C1. The molecular formula is C31H35N3O3S. The van der Waals surface area contributed by atoms with Gasteiger partial charge in [0.1, 0.15) is 0 Å². The Balaban J connectivity index is 1.27. The molecule has 0 radical (unpaired) electrons. The number of allylic oxidation sites excluding steroid dienone is 1. The number of carbonyl (C=O) groups excluding carboxylic acids is 1.